The number of hydrogen-bond donors (Lipinski definition) is 2. The number of anilines is 1. The number of benzene rings is 1. The van der Waals surface area contributed by atoms with E-state index in [4.69, 9.17) is 0 Å². The Labute approximate surface area is 159 Å². The fourth-order valence-corrected chi connectivity index (χ4v) is 3.11. The monoisotopic (exact) mass is 362 g/mol. The zero-order chi connectivity index (χ0) is 19.6. The highest BCUT2D eigenvalue weighted by atomic mass is 16.1. The Balaban J connectivity index is 1.71. The third-order valence-electron chi connectivity index (χ3n) is 4.85. The lowest BCUT2D eigenvalue weighted by molar-refractivity contribution is 0.780. The van der Waals surface area contributed by atoms with Crippen LogP contribution in [0, 0.1) is 27.7 Å². The quantitative estimate of drug-likeness (QED) is 0.717. The molecule has 0 amide bonds. The Morgan fingerprint density at radius 1 is 1.11 bits per heavy atom. The first-order valence-electron chi connectivity index (χ1n) is 9.20. The Morgan fingerprint density at radius 3 is 2.52 bits per heavy atom. The van der Waals surface area contributed by atoms with Gasteiger partial charge in [0.2, 0.25) is 0 Å². The van der Waals surface area contributed by atoms with E-state index in [-0.39, 0.29) is 11.6 Å². The van der Waals surface area contributed by atoms with Crippen LogP contribution < -0.4 is 10.9 Å². The first kappa shape index (κ1) is 18.8. The number of H-pyrrole nitrogens is 1. The number of aromatic amines is 1. The van der Waals surface area contributed by atoms with Crippen molar-refractivity contribution in [1.29, 1.82) is 0 Å². The molecule has 140 valence electrons. The molecule has 5 heteroatoms. The van der Waals surface area contributed by atoms with Crippen LogP contribution in [0.2, 0.25) is 0 Å². The van der Waals surface area contributed by atoms with Crippen molar-refractivity contribution in [1.82, 2.24) is 15.0 Å². The molecule has 27 heavy (non-hydrogen) atoms. The summed E-state index contributed by atoms with van der Waals surface area (Å²) in [6.45, 7) is 10.0. The summed E-state index contributed by atoms with van der Waals surface area (Å²) < 4.78 is 0. The number of hydrogen-bond acceptors (Lipinski definition) is 4. The van der Waals surface area contributed by atoms with Crippen LogP contribution in [0.15, 0.2) is 41.3 Å². The van der Waals surface area contributed by atoms with E-state index in [0.29, 0.717) is 11.4 Å². The van der Waals surface area contributed by atoms with Crippen LogP contribution in [0.5, 0.6) is 0 Å². The van der Waals surface area contributed by atoms with E-state index in [2.05, 4.69) is 59.2 Å². The number of nitrogens with zero attached hydrogens (tertiary/aromatic N) is 2. The lowest BCUT2D eigenvalue weighted by Gasteiger charge is -2.16. The summed E-state index contributed by atoms with van der Waals surface area (Å²) in [6, 6.07) is 10.7. The number of aromatic nitrogens is 3. The molecule has 2 N–H and O–H groups in total. The highest BCUT2D eigenvalue weighted by Gasteiger charge is 2.09. The molecule has 0 saturated carbocycles. The van der Waals surface area contributed by atoms with E-state index in [9.17, 15) is 4.79 Å². The summed E-state index contributed by atoms with van der Waals surface area (Å²) in [5.74, 6) is 1.35. The standard InChI is InChI=1S/C22H26N4O/c1-13-6-7-18(14(2)10-13)11-15(3)24-20-9-8-19(12-23-20)21-25-17(5)16(4)22(27)26-21/h6-10,12,15H,11H2,1-5H3,(H,23,24)(H,25,26,27). The van der Waals surface area contributed by atoms with Gasteiger partial charge in [0.25, 0.3) is 5.56 Å². The molecule has 0 bridgehead atoms. The number of pyridine rings is 1. The summed E-state index contributed by atoms with van der Waals surface area (Å²) in [5.41, 5.74) is 6.01. The van der Waals surface area contributed by atoms with Gasteiger partial charge in [-0.2, -0.15) is 0 Å². The van der Waals surface area contributed by atoms with Crippen molar-refractivity contribution in [3.8, 4) is 11.4 Å². The minimum atomic E-state index is -0.109. The first-order valence-corrected chi connectivity index (χ1v) is 9.20. The van der Waals surface area contributed by atoms with Crippen molar-refractivity contribution < 1.29 is 0 Å². The van der Waals surface area contributed by atoms with Crippen LogP contribution in [0.3, 0.4) is 0 Å². The first-order chi connectivity index (χ1) is 12.8. The van der Waals surface area contributed by atoms with Crippen molar-refractivity contribution in [3.05, 3.63) is 74.8 Å². The van der Waals surface area contributed by atoms with E-state index < -0.39 is 0 Å². The highest BCUT2D eigenvalue weighted by Crippen LogP contribution is 2.18. The summed E-state index contributed by atoms with van der Waals surface area (Å²) in [7, 11) is 0. The van der Waals surface area contributed by atoms with Crippen LogP contribution in [0.4, 0.5) is 5.82 Å². The predicted octanol–water partition coefficient (Wildman–Crippen LogP) is 4.11. The molecular formula is C22H26N4O. The van der Waals surface area contributed by atoms with Crippen molar-refractivity contribution in [2.24, 2.45) is 0 Å². The summed E-state index contributed by atoms with van der Waals surface area (Å²) in [5, 5.41) is 3.44. The molecule has 0 fully saturated rings. The molecule has 3 aromatic rings. The maximum absolute atomic E-state index is 11.9. The summed E-state index contributed by atoms with van der Waals surface area (Å²) in [4.78, 5) is 23.7. The van der Waals surface area contributed by atoms with Gasteiger partial charge in [-0.3, -0.25) is 4.79 Å². The summed E-state index contributed by atoms with van der Waals surface area (Å²) in [6.07, 6.45) is 2.67. The van der Waals surface area contributed by atoms with Crippen LogP contribution in [0.25, 0.3) is 11.4 Å². The molecule has 0 aliphatic rings. The van der Waals surface area contributed by atoms with Crippen LogP contribution in [-0.4, -0.2) is 21.0 Å². The minimum absolute atomic E-state index is 0.109. The topological polar surface area (TPSA) is 70.7 Å². The number of nitrogens with one attached hydrogen (secondary N) is 2. The maximum Gasteiger partial charge on any atom is 0.254 e. The van der Waals surface area contributed by atoms with Gasteiger partial charge in [-0.05, 0) is 64.3 Å². The van der Waals surface area contributed by atoms with Crippen LogP contribution in [-0.2, 0) is 6.42 Å². The lowest BCUT2D eigenvalue weighted by atomic mass is 10.00. The van der Waals surface area contributed by atoms with Crippen molar-refractivity contribution in [2.45, 2.75) is 47.1 Å². The molecule has 0 spiro atoms. The molecule has 1 unspecified atom stereocenters. The Hall–Kier alpha value is -2.95. The van der Waals surface area contributed by atoms with E-state index in [0.717, 1.165) is 23.5 Å². The second-order valence-electron chi connectivity index (χ2n) is 7.24. The van der Waals surface area contributed by atoms with E-state index in [1.165, 1.54) is 16.7 Å². The average molecular weight is 362 g/mol. The fourth-order valence-electron chi connectivity index (χ4n) is 3.11. The normalized spacial score (nSPS) is 12.0. The molecule has 1 atom stereocenters. The predicted molar refractivity (Wildman–Crippen MR) is 110 cm³/mol. The smallest absolute Gasteiger partial charge is 0.254 e. The van der Waals surface area contributed by atoms with Gasteiger partial charge >= 0.3 is 0 Å². The molecule has 0 saturated heterocycles. The van der Waals surface area contributed by atoms with Gasteiger partial charge < -0.3 is 10.3 Å². The van der Waals surface area contributed by atoms with Gasteiger partial charge in [0.15, 0.2) is 0 Å². The third-order valence-corrected chi connectivity index (χ3v) is 4.85. The van der Waals surface area contributed by atoms with Crippen molar-refractivity contribution in [3.63, 3.8) is 0 Å². The molecule has 0 radical (unpaired) electrons. The van der Waals surface area contributed by atoms with Gasteiger partial charge in [-0.1, -0.05) is 23.8 Å². The van der Waals surface area contributed by atoms with Gasteiger partial charge in [-0.15, -0.1) is 0 Å². The molecule has 3 rings (SSSR count). The molecule has 2 aromatic heterocycles. The molecule has 5 nitrogen and oxygen atoms in total. The van der Waals surface area contributed by atoms with Crippen LogP contribution >= 0.6 is 0 Å². The zero-order valence-electron chi connectivity index (χ0n) is 16.6. The summed E-state index contributed by atoms with van der Waals surface area (Å²) >= 11 is 0. The Kier molecular flexibility index (Phi) is 5.40. The largest absolute Gasteiger partial charge is 0.367 e. The van der Waals surface area contributed by atoms with Crippen LogP contribution in [0.1, 0.15) is 34.9 Å². The fraction of sp³-hybridized carbons (Fsp3) is 0.318. The van der Waals surface area contributed by atoms with E-state index in [1.807, 2.05) is 19.1 Å². The Morgan fingerprint density at radius 2 is 1.89 bits per heavy atom. The van der Waals surface area contributed by atoms with Gasteiger partial charge in [0.05, 0.1) is 0 Å². The third kappa shape index (κ3) is 4.42. The second-order valence-corrected chi connectivity index (χ2v) is 7.24. The molecule has 0 aliphatic heterocycles. The minimum Gasteiger partial charge on any atom is -0.367 e. The van der Waals surface area contributed by atoms with Gasteiger partial charge in [0.1, 0.15) is 11.6 Å². The molecule has 2 heterocycles. The second kappa shape index (κ2) is 7.74. The maximum atomic E-state index is 11.9. The SMILES string of the molecule is Cc1ccc(CC(C)Nc2ccc(-c3nc(C)c(C)c(=O)[nH]3)cn2)c(C)c1. The lowest BCUT2D eigenvalue weighted by Crippen LogP contribution is -2.19. The zero-order valence-corrected chi connectivity index (χ0v) is 16.6. The molecular weight excluding hydrogens is 336 g/mol. The average Bonchev–Trinajstić information content (AvgIpc) is 2.62. The highest BCUT2D eigenvalue weighted by molar-refractivity contribution is 5.56. The van der Waals surface area contributed by atoms with Crippen molar-refractivity contribution >= 4 is 5.82 Å². The van der Waals surface area contributed by atoms with Crippen molar-refractivity contribution in [2.75, 3.05) is 5.32 Å². The molecule has 1 aromatic carbocycles. The van der Waals surface area contributed by atoms with Gasteiger partial charge in [0, 0.05) is 29.1 Å². The number of rotatable bonds is 5. The number of aryl methyl sites for hydroxylation is 3. The van der Waals surface area contributed by atoms with E-state index in [1.54, 1.807) is 13.1 Å². The molecule has 0 aliphatic carbocycles. The van der Waals surface area contributed by atoms with Gasteiger partial charge in [-0.25, -0.2) is 9.97 Å². The Bertz CT molecular complexity index is 1010. The van der Waals surface area contributed by atoms with E-state index >= 15 is 0 Å².